The zero-order valence-electron chi connectivity index (χ0n) is 18.0. The van der Waals surface area contributed by atoms with Crippen molar-refractivity contribution < 1.29 is 4.79 Å². The van der Waals surface area contributed by atoms with Crippen molar-refractivity contribution in [2.24, 2.45) is 0 Å². The van der Waals surface area contributed by atoms with Crippen molar-refractivity contribution >= 4 is 45.6 Å². The molecule has 0 aliphatic carbocycles. The summed E-state index contributed by atoms with van der Waals surface area (Å²) in [5, 5.41) is 9.84. The number of aryl methyl sites for hydroxylation is 3. The predicted octanol–water partition coefficient (Wildman–Crippen LogP) is 4.92. The molecular weight excluding hydrogens is 422 g/mol. The van der Waals surface area contributed by atoms with Crippen LogP contribution in [0.2, 0.25) is 0 Å². The molecule has 2 heterocycles. The highest BCUT2D eigenvalue weighted by molar-refractivity contribution is 7.15. The quantitative estimate of drug-likeness (QED) is 0.371. The first-order chi connectivity index (χ1) is 15.4. The van der Waals surface area contributed by atoms with E-state index in [1.807, 2.05) is 62.4 Å². The highest BCUT2D eigenvalue weighted by atomic mass is 32.1. The van der Waals surface area contributed by atoms with Crippen LogP contribution >= 0.6 is 11.3 Å². The molecule has 0 bridgehead atoms. The fourth-order valence-corrected chi connectivity index (χ4v) is 3.77. The third-order valence-corrected chi connectivity index (χ3v) is 5.49. The monoisotopic (exact) mass is 445 g/mol. The molecule has 9 heteroatoms. The number of carbonyl (C=O) groups is 1. The average molecular weight is 446 g/mol. The molecule has 0 aliphatic heterocycles. The van der Waals surface area contributed by atoms with Crippen molar-refractivity contribution in [1.29, 1.82) is 0 Å². The smallest absolute Gasteiger partial charge is 0.234 e. The summed E-state index contributed by atoms with van der Waals surface area (Å²) in [6.07, 6.45) is 1.92. The number of thiazole rings is 1. The summed E-state index contributed by atoms with van der Waals surface area (Å²) in [4.78, 5) is 30.7. The van der Waals surface area contributed by atoms with E-state index in [0.717, 1.165) is 27.4 Å². The first-order valence-electron chi connectivity index (χ1n) is 10.1. The number of benzene rings is 2. The molecule has 0 unspecified atom stereocenters. The fourth-order valence-electron chi connectivity index (χ4n) is 2.97. The number of nitrogens with one attached hydrogen (secondary N) is 3. The van der Waals surface area contributed by atoms with E-state index in [9.17, 15) is 4.79 Å². The van der Waals surface area contributed by atoms with E-state index in [1.54, 1.807) is 13.1 Å². The molecule has 0 aliphatic rings. The molecule has 0 saturated carbocycles. The van der Waals surface area contributed by atoms with Gasteiger partial charge in [-0.25, -0.2) is 4.98 Å². The lowest BCUT2D eigenvalue weighted by Gasteiger charge is -2.09. The predicted molar refractivity (Wildman–Crippen MR) is 128 cm³/mol. The summed E-state index contributed by atoms with van der Waals surface area (Å²) in [5.74, 6) is 1.32. The van der Waals surface area contributed by atoms with E-state index in [2.05, 4.69) is 35.9 Å². The van der Waals surface area contributed by atoms with Gasteiger partial charge < -0.3 is 10.6 Å². The molecule has 3 N–H and O–H groups in total. The second kappa shape index (κ2) is 9.52. The SMILES string of the molecule is Cc1ccc(NC(=O)Cc2cnc(Nc3nc(C)nc(Nc4ccccc4C)n3)s2)cc1. The standard InChI is InChI=1S/C23H23N7OS/c1-14-8-10-17(11-9-14)27-20(31)12-18-13-24-23(32-18)30-22-26-16(3)25-21(29-22)28-19-7-5-4-6-15(19)2/h4-11,13H,12H2,1-3H3,(H,27,31)(H2,24,25,26,28,29,30). The highest BCUT2D eigenvalue weighted by Gasteiger charge is 2.11. The maximum atomic E-state index is 12.3. The molecule has 4 rings (SSSR count). The summed E-state index contributed by atoms with van der Waals surface area (Å²) in [5.41, 5.74) is 3.94. The normalized spacial score (nSPS) is 10.6. The molecule has 2 aromatic carbocycles. The summed E-state index contributed by atoms with van der Waals surface area (Å²) in [6, 6.07) is 15.6. The summed E-state index contributed by atoms with van der Waals surface area (Å²) >= 11 is 1.38. The molecule has 8 nitrogen and oxygen atoms in total. The Labute approximate surface area is 190 Å². The van der Waals surface area contributed by atoms with Crippen LogP contribution in [0, 0.1) is 20.8 Å². The van der Waals surface area contributed by atoms with Gasteiger partial charge in [0.25, 0.3) is 0 Å². The van der Waals surface area contributed by atoms with E-state index in [1.165, 1.54) is 11.3 Å². The van der Waals surface area contributed by atoms with Crippen LogP contribution in [0.25, 0.3) is 0 Å². The van der Waals surface area contributed by atoms with Crippen LogP contribution in [0.4, 0.5) is 28.4 Å². The maximum Gasteiger partial charge on any atom is 0.234 e. The number of anilines is 5. The molecule has 1 amide bonds. The largest absolute Gasteiger partial charge is 0.326 e. The van der Waals surface area contributed by atoms with Crippen LogP contribution in [-0.2, 0) is 11.2 Å². The molecular formula is C23H23N7OS. The third kappa shape index (κ3) is 5.64. The lowest BCUT2D eigenvalue weighted by atomic mass is 10.2. The topological polar surface area (TPSA) is 105 Å². The first kappa shape index (κ1) is 21.4. The Balaban J connectivity index is 1.40. The minimum atomic E-state index is -0.0928. The summed E-state index contributed by atoms with van der Waals surface area (Å²) < 4.78 is 0. The van der Waals surface area contributed by atoms with Gasteiger partial charge in [-0.3, -0.25) is 10.1 Å². The fraction of sp³-hybridized carbons (Fsp3) is 0.174. The second-order valence-electron chi connectivity index (χ2n) is 7.32. The molecule has 0 saturated heterocycles. The van der Waals surface area contributed by atoms with Gasteiger partial charge in [-0.2, -0.15) is 15.0 Å². The molecule has 0 atom stereocenters. The lowest BCUT2D eigenvalue weighted by Crippen LogP contribution is -2.13. The van der Waals surface area contributed by atoms with Gasteiger partial charge in [0.05, 0.1) is 6.42 Å². The van der Waals surface area contributed by atoms with Gasteiger partial charge in [0.1, 0.15) is 5.82 Å². The van der Waals surface area contributed by atoms with Gasteiger partial charge in [-0.1, -0.05) is 35.9 Å². The molecule has 0 fully saturated rings. The van der Waals surface area contributed by atoms with Crippen LogP contribution in [0.1, 0.15) is 21.8 Å². The van der Waals surface area contributed by atoms with Crippen LogP contribution in [0.15, 0.2) is 54.7 Å². The van der Waals surface area contributed by atoms with Crippen molar-refractivity contribution in [1.82, 2.24) is 19.9 Å². The maximum absolute atomic E-state index is 12.3. The average Bonchev–Trinajstić information content (AvgIpc) is 3.17. The Morgan fingerprint density at radius 3 is 2.38 bits per heavy atom. The lowest BCUT2D eigenvalue weighted by molar-refractivity contribution is -0.115. The minimum Gasteiger partial charge on any atom is -0.326 e. The van der Waals surface area contributed by atoms with Gasteiger partial charge in [0.15, 0.2) is 5.13 Å². The number of rotatable bonds is 7. The van der Waals surface area contributed by atoms with E-state index >= 15 is 0 Å². The first-order valence-corrected chi connectivity index (χ1v) is 10.9. The van der Waals surface area contributed by atoms with Crippen molar-refractivity contribution in [3.8, 4) is 0 Å². The Morgan fingerprint density at radius 1 is 0.906 bits per heavy atom. The Hall–Kier alpha value is -3.85. The van der Waals surface area contributed by atoms with E-state index in [0.29, 0.717) is 22.9 Å². The van der Waals surface area contributed by atoms with E-state index in [-0.39, 0.29) is 12.3 Å². The van der Waals surface area contributed by atoms with Gasteiger partial charge in [-0.15, -0.1) is 11.3 Å². The van der Waals surface area contributed by atoms with Crippen molar-refractivity contribution in [2.75, 3.05) is 16.0 Å². The number of hydrogen-bond acceptors (Lipinski definition) is 8. The summed E-state index contributed by atoms with van der Waals surface area (Å²) in [7, 11) is 0. The molecule has 2 aromatic heterocycles. The zero-order valence-corrected chi connectivity index (χ0v) is 18.8. The number of carbonyl (C=O) groups excluding carboxylic acids is 1. The van der Waals surface area contributed by atoms with Crippen LogP contribution in [-0.4, -0.2) is 25.8 Å². The van der Waals surface area contributed by atoms with Crippen LogP contribution in [0.5, 0.6) is 0 Å². The van der Waals surface area contributed by atoms with E-state index in [4.69, 9.17) is 0 Å². The van der Waals surface area contributed by atoms with Gasteiger partial charge >= 0.3 is 0 Å². The van der Waals surface area contributed by atoms with E-state index < -0.39 is 0 Å². The minimum absolute atomic E-state index is 0.0928. The van der Waals surface area contributed by atoms with Crippen LogP contribution in [0.3, 0.4) is 0 Å². The number of aromatic nitrogens is 4. The Kier molecular flexibility index (Phi) is 6.37. The number of para-hydroxylation sites is 1. The second-order valence-corrected chi connectivity index (χ2v) is 8.43. The molecule has 162 valence electrons. The Bertz CT molecular complexity index is 1240. The Morgan fingerprint density at radius 2 is 1.62 bits per heavy atom. The van der Waals surface area contributed by atoms with Crippen LogP contribution < -0.4 is 16.0 Å². The number of hydrogen-bond donors (Lipinski definition) is 3. The molecule has 4 aromatic rings. The summed E-state index contributed by atoms with van der Waals surface area (Å²) in [6.45, 7) is 5.83. The molecule has 0 spiro atoms. The number of amides is 1. The zero-order chi connectivity index (χ0) is 22.5. The molecule has 32 heavy (non-hydrogen) atoms. The number of nitrogens with zero attached hydrogens (tertiary/aromatic N) is 4. The third-order valence-electron chi connectivity index (χ3n) is 4.58. The van der Waals surface area contributed by atoms with Gasteiger partial charge in [0.2, 0.25) is 17.8 Å². The van der Waals surface area contributed by atoms with Crippen molar-refractivity contribution in [3.05, 3.63) is 76.6 Å². The van der Waals surface area contributed by atoms with Gasteiger partial charge in [-0.05, 0) is 44.5 Å². The highest BCUT2D eigenvalue weighted by Crippen LogP contribution is 2.23. The van der Waals surface area contributed by atoms with Crippen molar-refractivity contribution in [2.45, 2.75) is 27.2 Å². The van der Waals surface area contributed by atoms with Gasteiger partial charge in [0, 0.05) is 22.4 Å². The molecule has 0 radical (unpaired) electrons. The van der Waals surface area contributed by atoms with Crippen molar-refractivity contribution in [3.63, 3.8) is 0 Å².